The van der Waals surface area contributed by atoms with Crippen molar-refractivity contribution in [1.82, 2.24) is 0 Å². The van der Waals surface area contributed by atoms with Crippen molar-refractivity contribution in [2.75, 3.05) is 24.6 Å². The first kappa shape index (κ1) is 14.0. The summed E-state index contributed by atoms with van der Waals surface area (Å²) >= 11 is 0. The summed E-state index contributed by atoms with van der Waals surface area (Å²) in [6.45, 7) is 2.72. The van der Waals surface area contributed by atoms with E-state index in [1.807, 2.05) is 42.5 Å². The largest absolute Gasteiger partial charge is 0.492 e. The van der Waals surface area contributed by atoms with E-state index in [1.54, 1.807) is 0 Å². The Hall–Kier alpha value is -2.00. The number of benzene rings is 2. The fraction of sp³-hybridized carbons (Fsp3) is 0.333. The van der Waals surface area contributed by atoms with E-state index in [-0.39, 0.29) is 6.61 Å². The van der Waals surface area contributed by atoms with E-state index in [4.69, 9.17) is 4.74 Å². The Morgan fingerprint density at radius 3 is 2.71 bits per heavy atom. The van der Waals surface area contributed by atoms with Gasteiger partial charge in [-0.2, -0.15) is 0 Å². The fourth-order valence-electron chi connectivity index (χ4n) is 2.94. The predicted octanol–water partition coefficient (Wildman–Crippen LogP) is 3.01. The minimum atomic E-state index is 0.123. The Morgan fingerprint density at radius 2 is 1.90 bits per heavy atom. The van der Waals surface area contributed by atoms with Crippen molar-refractivity contribution < 1.29 is 9.84 Å². The van der Waals surface area contributed by atoms with E-state index < -0.39 is 0 Å². The molecule has 3 nitrogen and oxygen atoms in total. The Kier molecular flexibility index (Phi) is 4.41. The number of aliphatic hydroxyl groups is 1. The standard InChI is InChI=1S/C18H21NO2/c20-14-15-6-4-10-18-17(15)9-5-11-19(18)12-13-21-16-7-2-1-3-8-16/h1-4,6-8,10,20H,5,9,11-14H2. The highest BCUT2D eigenvalue weighted by Crippen LogP contribution is 2.29. The molecule has 0 spiro atoms. The molecule has 0 radical (unpaired) electrons. The highest BCUT2D eigenvalue weighted by molar-refractivity contribution is 5.58. The van der Waals surface area contributed by atoms with Crippen LogP contribution in [-0.2, 0) is 13.0 Å². The topological polar surface area (TPSA) is 32.7 Å². The molecule has 0 saturated heterocycles. The van der Waals surface area contributed by atoms with Gasteiger partial charge in [0.2, 0.25) is 0 Å². The van der Waals surface area contributed by atoms with E-state index in [2.05, 4.69) is 11.0 Å². The predicted molar refractivity (Wildman–Crippen MR) is 84.8 cm³/mol. The van der Waals surface area contributed by atoms with Gasteiger partial charge in [-0.3, -0.25) is 0 Å². The summed E-state index contributed by atoms with van der Waals surface area (Å²) in [4.78, 5) is 2.36. The van der Waals surface area contributed by atoms with Crippen LogP contribution in [0.3, 0.4) is 0 Å². The molecule has 0 aliphatic carbocycles. The minimum Gasteiger partial charge on any atom is -0.492 e. The lowest BCUT2D eigenvalue weighted by Gasteiger charge is -2.32. The Morgan fingerprint density at radius 1 is 1.05 bits per heavy atom. The third kappa shape index (κ3) is 3.19. The van der Waals surface area contributed by atoms with Crippen LogP contribution < -0.4 is 9.64 Å². The molecule has 0 fully saturated rings. The molecule has 2 aromatic carbocycles. The number of nitrogens with zero attached hydrogens (tertiary/aromatic N) is 1. The number of hydrogen-bond acceptors (Lipinski definition) is 3. The molecule has 110 valence electrons. The van der Waals surface area contributed by atoms with Crippen molar-refractivity contribution in [3.8, 4) is 5.75 Å². The molecular formula is C18H21NO2. The summed E-state index contributed by atoms with van der Waals surface area (Å²) in [6.07, 6.45) is 2.19. The maximum absolute atomic E-state index is 9.46. The molecule has 1 N–H and O–H groups in total. The minimum absolute atomic E-state index is 0.123. The lowest BCUT2D eigenvalue weighted by molar-refractivity contribution is 0.280. The van der Waals surface area contributed by atoms with E-state index in [9.17, 15) is 5.11 Å². The van der Waals surface area contributed by atoms with Crippen LogP contribution in [0.1, 0.15) is 17.5 Å². The third-order valence-corrected chi connectivity index (χ3v) is 3.99. The van der Waals surface area contributed by atoms with Crippen molar-refractivity contribution in [2.24, 2.45) is 0 Å². The molecule has 0 bridgehead atoms. The van der Waals surface area contributed by atoms with Crippen LogP contribution in [-0.4, -0.2) is 24.8 Å². The van der Waals surface area contributed by atoms with Gasteiger partial charge in [-0.05, 0) is 42.2 Å². The normalized spacial score (nSPS) is 13.9. The molecule has 3 rings (SSSR count). The molecule has 1 heterocycles. The van der Waals surface area contributed by atoms with Crippen LogP contribution in [0, 0.1) is 0 Å². The zero-order valence-electron chi connectivity index (χ0n) is 12.2. The summed E-state index contributed by atoms with van der Waals surface area (Å²) in [5.41, 5.74) is 3.61. The van der Waals surface area contributed by atoms with Crippen LogP contribution >= 0.6 is 0 Å². The van der Waals surface area contributed by atoms with Crippen LogP contribution in [0.25, 0.3) is 0 Å². The zero-order valence-corrected chi connectivity index (χ0v) is 12.2. The average Bonchev–Trinajstić information content (AvgIpc) is 2.55. The van der Waals surface area contributed by atoms with Gasteiger partial charge >= 0.3 is 0 Å². The van der Waals surface area contributed by atoms with Crippen molar-refractivity contribution in [3.63, 3.8) is 0 Å². The number of para-hydroxylation sites is 1. The average molecular weight is 283 g/mol. The molecule has 0 amide bonds. The van der Waals surface area contributed by atoms with Crippen LogP contribution in [0.5, 0.6) is 5.75 Å². The van der Waals surface area contributed by atoms with E-state index >= 15 is 0 Å². The Balaban J connectivity index is 1.65. The zero-order chi connectivity index (χ0) is 14.5. The quantitative estimate of drug-likeness (QED) is 0.915. The molecule has 0 saturated carbocycles. The van der Waals surface area contributed by atoms with Crippen molar-refractivity contribution in [2.45, 2.75) is 19.4 Å². The molecule has 0 aromatic heterocycles. The number of hydrogen-bond donors (Lipinski definition) is 1. The van der Waals surface area contributed by atoms with E-state index in [0.717, 1.165) is 37.2 Å². The number of rotatable bonds is 5. The van der Waals surface area contributed by atoms with E-state index in [1.165, 1.54) is 11.3 Å². The first-order valence-electron chi connectivity index (χ1n) is 7.53. The van der Waals surface area contributed by atoms with Gasteiger partial charge in [-0.25, -0.2) is 0 Å². The first-order chi connectivity index (χ1) is 10.4. The highest BCUT2D eigenvalue weighted by Gasteiger charge is 2.18. The summed E-state index contributed by atoms with van der Waals surface area (Å²) in [5.74, 6) is 0.916. The maximum Gasteiger partial charge on any atom is 0.119 e. The van der Waals surface area contributed by atoms with Gasteiger partial charge < -0.3 is 14.7 Å². The fourth-order valence-corrected chi connectivity index (χ4v) is 2.94. The van der Waals surface area contributed by atoms with Gasteiger partial charge in [-0.1, -0.05) is 30.3 Å². The summed E-state index contributed by atoms with van der Waals surface area (Å²) in [6, 6.07) is 16.1. The second-order valence-electron chi connectivity index (χ2n) is 5.33. The number of fused-ring (bicyclic) bond motifs is 1. The Bertz CT molecular complexity index is 583. The summed E-state index contributed by atoms with van der Waals surface area (Å²) in [7, 11) is 0. The van der Waals surface area contributed by atoms with E-state index in [0.29, 0.717) is 6.61 Å². The van der Waals surface area contributed by atoms with Crippen molar-refractivity contribution >= 4 is 5.69 Å². The smallest absolute Gasteiger partial charge is 0.119 e. The van der Waals surface area contributed by atoms with Crippen LogP contribution in [0.15, 0.2) is 48.5 Å². The molecule has 2 aromatic rings. The maximum atomic E-state index is 9.46. The second kappa shape index (κ2) is 6.64. The summed E-state index contributed by atoms with van der Waals surface area (Å²) in [5, 5.41) is 9.46. The molecule has 3 heteroatoms. The second-order valence-corrected chi connectivity index (χ2v) is 5.33. The van der Waals surface area contributed by atoms with Gasteiger partial charge in [0.1, 0.15) is 12.4 Å². The monoisotopic (exact) mass is 283 g/mol. The number of aliphatic hydroxyl groups excluding tert-OH is 1. The SMILES string of the molecule is OCc1cccc2c1CCCN2CCOc1ccccc1. The molecule has 0 unspecified atom stereocenters. The van der Waals surface area contributed by atoms with Crippen LogP contribution in [0.2, 0.25) is 0 Å². The highest BCUT2D eigenvalue weighted by atomic mass is 16.5. The number of ether oxygens (including phenoxy) is 1. The first-order valence-corrected chi connectivity index (χ1v) is 7.53. The van der Waals surface area contributed by atoms with Crippen molar-refractivity contribution in [3.05, 3.63) is 59.7 Å². The molecular weight excluding hydrogens is 262 g/mol. The number of anilines is 1. The van der Waals surface area contributed by atoms with Gasteiger partial charge in [-0.15, -0.1) is 0 Å². The third-order valence-electron chi connectivity index (χ3n) is 3.99. The van der Waals surface area contributed by atoms with Gasteiger partial charge in [0.15, 0.2) is 0 Å². The van der Waals surface area contributed by atoms with Gasteiger partial charge in [0.05, 0.1) is 13.2 Å². The van der Waals surface area contributed by atoms with Gasteiger partial charge in [0.25, 0.3) is 0 Å². The van der Waals surface area contributed by atoms with Gasteiger partial charge in [0, 0.05) is 12.2 Å². The lowest BCUT2D eigenvalue weighted by atomic mass is 9.96. The molecule has 0 atom stereocenters. The van der Waals surface area contributed by atoms with Crippen LogP contribution in [0.4, 0.5) is 5.69 Å². The van der Waals surface area contributed by atoms with Crippen molar-refractivity contribution in [1.29, 1.82) is 0 Å². The summed E-state index contributed by atoms with van der Waals surface area (Å²) < 4.78 is 5.79. The molecule has 1 aliphatic heterocycles. The molecule has 1 aliphatic rings. The molecule has 21 heavy (non-hydrogen) atoms. The Labute approximate surface area is 125 Å². The lowest BCUT2D eigenvalue weighted by Crippen LogP contribution is -2.33.